The Labute approximate surface area is 123 Å². The molecule has 0 aliphatic heterocycles. The second kappa shape index (κ2) is 8.26. The highest BCUT2D eigenvalue weighted by molar-refractivity contribution is 7.98. The van der Waals surface area contributed by atoms with E-state index in [0.29, 0.717) is 16.3 Å². The normalized spacial score (nSPS) is 11.9. The van der Waals surface area contributed by atoms with E-state index < -0.39 is 10.0 Å². The molecule has 0 atom stereocenters. The van der Waals surface area contributed by atoms with Gasteiger partial charge in [0.05, 0.1) is 11.5 Å². The molecule has 0 saturated heterocycles. The SMILES string of the molecule is CSCCCCCNS(=O)(=O)c1cc(CO)sc1C. The van der Waals surface area contributed by atoms with E-state index >= 15 is 0 Å². The molecule has 0 aliphatic rings. The van der Waals surface area contributed by atoms with Crippen LogP contribution in [-0.4, -0.2) is 32.1 Å². The van der Waals surface area contributed by atoms with Crippen molar-refractivity contribution in [2.24, 2.45) is 0 Å². The number of unbranched alkanes of at least 4 members (excludes halogenated alkanes) is 2. The average molecular weight is 324 g/mol. The predicted molar refractivity (Wildman–Crippen MR) is 82.4 cm³/mol. The van der Waals surface area contributed by atoms with Crippen molar-refractivity contribution in [1.82, 2.24) is 4.72 Å². The van der Waals surface area contributed by atoms with Crippen LogP contribution in [0.1, 0.15) is 29.0 Å². The molecule has 0 fully saturated rings. The number of nitrogens with one attached hydrogen (secondary N) is 1. The van der Waals surface area contributed by atoms with Crippen molar-refractivity contribution in [3.05, 3.63) is 15.8 Å². The summed E-state index contributed by atoms with van der Waals surface area (Å²) in [6, 6.07) is 1.55. The summed E-state index contributed by atoms with van der Waals surface area (Å²) in [6.07, 6.45) is 5.08. The highest BCUT2D eigenvalue weighted by Crippen LogP contribution is 2.25. The molecule has 0 unspecified atom stereocenters. The third kappa shape index (κ3) is 5.43. The van der Waals surface area contributed by atoms with Gasteiger partial charge in [0.25, 0.3) is 0 Å². The van der Waals surface area contributed by atoms with E-state index in [4.69, 9.17) is 5.11 Å². The monoisotopic (exact) mass is 323 g/mol. The number of aryl methyl sites for hydroxylation is 1. The smallest absolute Gasteiger partial charge is 0.241 e. The van der Waals surface area contributed by atoms with Crippen LogP contribution in [0.2, 0.25) is 0 Å². The zero-order valence-corrected chi connectivity index (χ0v) is 13.8. The molecule has 4 nitrogen and oxygen atoms in total. The van der Waals surface area contributed by atoms with Crippen molar-refractivity contribution >= 4 is 33.1 Å². The molecule has 1 heterocycles. The van der Waals surface area contributed by atoms with Crippen LogP contribution in [-0.2, 0) is 16.6 Å². The minimum Gasteiger partial charge on any atom is -0.391 e. The zero-order chi connectivity index (χ0) is 14.3. The van der Waals surface area contributed by atoms with Gasteiger partial charge in [-0.3, -0.25) is 0 Å². The molecule has 110 valence electrons. The number of hydrogen-bond donors (Lipinski definition) is 2. The minimum atomic E-state index is -3.43. The number of sulfonamides is 1. The van der Waals surface area contributed by atoms with Crippen molar-refractivity contribution in [2.75, 3.05) is 18.6 Å². The number of thioether (sulfide) groups is 1. The van der Waals surface area contributed by atoms with Gasteiger partial charge in [0.1, 0.15) is 0 Å². The van der Waals surface area contributed by atoms with Crippen LogP contribution in [0.15, 0.2) is 11.0 Å². The van der Waals surface area contributed by atoms with E-state index in [9.17, 15) is 8.42 Å². The predicted octanol–water partition coefficient (Wildman–Crippen LogP) is 2.36. The first-order valence-corrected chi connectivity index (χ1v) is 9.89. The van der Waals surface area contributed by atoms with Crippen molar-refractivity contribution in [1.29, 1.82) is 0 Å². The van der Waals surface area contributed by atoms with E-state index in [1.807, 2.05) is 11.8 Å². The third-order valence-corrected chi connectivity index (χ3v) is 6.13. The fourth-order valence-corrected chi connectivity index (χ4v) is 4.76. The third-order valence-electron chi connectivity index (χ3n) is 2.69. The summed E-state index contributed by atoms with van der Waals surface area (Å²) in [6.45, 7) is 2.12. The Morgan fingerprint density at radius 2 is 2.11 bits per heavy atom. The molecule has 0 aromatic carbocycles. The Balaban J connectivity index is 2.49. The second-order valence-corrected chi connectivity index (χ2v) is 8.30. The van der Waals surface area contributed by atoms with Crippen LogP contribution < -0.4 is 4.72 Å². The van der Waals surface area contributed by atoms with Gasteiger partial charge in [-0.25, -0.2) is 13.1 Å². The van der Waals surface area contributed by atoms with Crippen LogP contribution >= 0.6 is 23.1 Å². The van der Waals surface area contributed by atoms with Gasteiger partial charge in [-0.05, 0) is 37.8 Å². The standard InChI is InChI=1S/C12H21NO3S3/c1-10-12(8-11(9-14)18-10)19(15,16)13-6-4-3-5-7-17-2/h8,13-14H,3-7,9H2,1-2H3. The van der Waals surface area contributed by atoms with E-state index in [1.54, 1.807) is 13.0 Å². The van der Waals surface area contributed by atoms with Crippen LogP contribution in [0.3, 0.4) is 0 Å². The van der Waals surface area contributed by atoms with Crippen molar-refractivity contribution in [2.45, 2.75) is 37.7 Å². The average Bonchev–Trinajstić information content (AvgIpc) is 2.76. The van der Waals surface area contributed by atoms with Crippen molar-refractivity contribution in [3.63, 3.8) is 0 Å². The lowest BCUT2D eigenvalue weighted by Gasteiger charge is -2.06. The van der Waals surface area contributed by atoms with Gasteiger partial charge < -0.3 is 5.11 Å². The highest BCUT2D eigenvalue weighted by atomic mass is 32.2. The molecule has 7 heteroatoms. The number of hydrogen-bond acceptors (Lipinski definition) is 5. The summed E-state index contributed by atoms with van der Waals surface area (Å²) < 4.78 is 26.8. The summed E-state index contributed by atoms with van der Waals surface area (Å²) in [7, 11) is -3.43. The van der Waals surface area contributed by atoms with E-state index in [2.05, 4.69) is 11.0 Å². The molecular weight excluding hydrogens is 302 g/mol. The van der Waals surface area contributed by atoms with Crippen LogP contribution in [0.25, 0.3) is 0 Å². The van der Waals surface area contributed by atoms with Crippen LogP contribution in [0.4, 0.5) is 0 Å². The Hall–Kier alpha value is -0.0800. The van der Waals surface area contributed by atoms with Gasteiger partial charge >= 0.3 is 0 Å². The van der Waals surface area contributed by atoms with Gasteiger partial charge in [-0.15, -0.1) is 11.3 Å². The van der Waals surface area contributed by atoms with Crippen molar-refractivity contribution < 1.29 is 13.5 Å². The summed E-state index contributed by atoms with van der Waals surface area (Å²) in [5.41, 5.74) is 0. The number of aliphatic hydroxyl groups excluding tert-OH is 1. The first-order valence-electron chi connectivity index (χ1n) is 6.20. The number of aliphatic hydroxyl groups is 1. The topological polar surface area (TPSA) is 66.4 Å². The molecular formula is C12H21NO3S3. The van der Waals surface area contributed by atoms with Gasteiger partial charge in [-0.2, -0.15) is 11.8 Å². The molecule has 0 radical (unpaired) electrons. The number of rotatable bonds is 9. The molecule has 0 saturated carbocycles. The van der Waals surface area contributed by atoms with Gasteiger partial charge in [0, 0.05) is 16.3 Å². The first kappa shape index (κ1) is 17.0. The second-order valence-electron chi connectivity index (χ2n) is 4.24. The lowest BCUT2D eigenvalue weighted by Crippen LogP contribution is -2.25. The van der Waals surface area contributed by atoms with Crippen LogP contribution in [0.5, 0.6) is 0 Å². The maximum Gasteiger partial charge on any atom is 0.241 e. The molecule has 1 rings (SSSR count). The van der Waals surface area contributed by atoms with Gasteiger partial charge in [0.2, 0.25) is 10.0 Å². The summed E-state index contributed by atoms with van der Waals surface area (Å²) in [5.74, 6) is 1.12. The zero-order valence-electron chi connectivity index (χ0n) is 11.3. The molecule has 0 bridgehead atoms. The fraction of sp³-hybridized carbons (Fsp3) is 0.667. The van der Waals surface area contributed by atoms with E-state index in [1.165, 1.54) is 11.3 Å². The molecule has 19 heavy (non-hydrogen) atoms. The maximum absolute atomic E-state index is 12.1. The highest BCUT2D eigenvalue weighted by Gasteiger charge is 2.18. The Kier molecular flexibility index (Phi) is 7.38. The maximum atomic E-state index is 12.1. The lowest BCUT2D eigenvalue weighted by atomic mass is 10.2. The summed E-state index contributed by atoms with van der Waals surface area (Å²) >= 11 is 3.13. The van der Waals surface area contributed by atoms with Crippen molar-refractivity contribution in [3.8, 4) is 0 Å². The van der Waals surface area contributed by atoms with E-state index in [-0.39, 0.29) is 6.61 Å². The Bertz CT molecular complexity index is 482. The fourth-order valence-electron chi connectivity index (χ4n) is 1.70. The Morgan fingerprint density at radius 1 is 1.37 bits per heavy atom. The summed E-state index contributed by atoms with van der Waals surface area (Å²) in [4.78, 5) is 1.70. The van der Waals surface area contributed by atoms with Gasteiger partial charge in [-0.1, -0.05) is 6.42 Å². The molecule has 1 aromatic rings. The molecule has 0 aliphatic carbocycles. The van der Waals surface area contributed by atoms with E-state index in [0.717, 1.165) is 29.9 Å². The lowest BCUT2D eigenvalue weighted by molar-refractivity contribution is 0.285. The molecule has 2 N–H and O–H groups in total. The first-order chi connectivity index (χ1) is 9.01. The van der Waals surface area contributed by atoms with Gasteiger partial charge in [0.15, 0.2) is 0 Å². The molecule has 1 aromatic heterocycles. The summed E-state index contributed by atoms with van der Waals surface area (Å²) in [5, 5.41) is 9.03. The Morgan fingerprint density at radius 3 is 2.68 bits per heavy atom. The van der Waals surface area contributed by atoms with Crippen LogP contribution in [0, 0.1) is 6.92 Å². The number of thiophene rings is 1. The molecule has 0 spiro atoms. The molecule has 0 amide bonds. The quantitative estimate of drug-likeness (QED) is 0.685. The minimum absolute atomic E-state index is 0.115. The largest absolute Gasteiger partial charge is 0.391 e.